The van der Waals surface area contributed by atoms with Crippen molar-refractivity contribution in [3.05, 3.63) is 190 Å². The third-order valence-electron chi connectivity index (χ3n) is 10.5. The molecule has 234 valence electrons. The second-order valence-corrected chi connectivity index (χ2v) is 18.1. The first-order chi connectivity index (χ1) is 23.2. The maximum absolute atomic E-state index is 6.30. The summed E-state index contributed by atoms with van der Waals surface area (Å²) < 4.78 is 2.28. The Morgan fingerprint density at radius 3 is 1.08 bits per heavy atom. The van der Waals surface area contributed by atoms with E-state index in [4.69, 9.17) is 5.73 Å². The fourth-order valence-electron chi connectivity index (χ4n) is 8.29. The van der Waals surface area contributed by atoms with Crippen LogP contribution in [0.4, 0.5) is 5.69 Å². The van der Waals surface area contributed by atoms with E-state index in [1.165, 1.54) is 82.1 Å². The molecule has 2 aromatic heterocycles. The van der Waals surface area contributed by atoms with Gasteiger partial charge in [0.15, 0.2) is 0 Å². The number of aryl methyl sites for hydroxylation is 3. The van der Waals surface area contributed by atoms with E-state index < -0.39 is 10.8 Å². The van der Waals surface area contributed by atoms with E-state index in [0.29, 0.717) is 0 Å². The molecule has 0 spiro atoms. The summed E-state index contributed by atoms with van der Waals surface area (Å²) >= 11 is 11.5. The molecule has 5 heteroatoms. The van der Waals surface area contributed by atoms with Crippen LogP contribution in [-0.2, 0) is 10.8 Å². The first kappa shape index (κ1) is 30.3. The van der Waals surface area contributed by atoms with Crippen molar-refractivity contribution in [2.75, 3.05) is 5.73 Å². The van der Waals surface area contributed by atoms with Crippen molar-refractivity contribution in [2.24, 2.45) is 0 Å². The summed E-state index contributed by atoms with van der Waals surface area (Å²) in [5.74, 6) is 0. The van der Waals surface area contributed by atoms with Gasteiger partial charge in [-0.2, -0.15) is 0 Å². The van der Waals surface area contributed by atoms with Gasteiger partial charge < -0.3 is 5.73 Å². The molecule has 0 saturated heterocycles. The molecule has 48 heavy (non-hydrogen) atoms. The SMILES string of the molecule is Cc1ccc(C2(c3ccc(C)cc3)c3cc4c(cc3-c3sc(Br)cc32)C(c2ccc(C)cc2)(c2ccc(N)cc2)c2cc(Br)sc2-4)cc1. The zero-order valence-corrected chi connectivity index (χ0v) is 31.5. The van der Waals surface area contributed by atoms with E-state index in [1.807, 2.05) is 34.8 Å². The molecule has 1 nitrogen and oxygen atoms in total. The number of anilines is 1. The van der Waals surface area contributed by atoms with Gasteiger partial charge in [0.25, 0.3) is 0 Å². The van der Waals surface area contributed by atoms with Crippen molar-refractivity contribution in [1.82, 2.24) is 0 Å². The Bertz CT molecular complexity index is 2120. The summed E-state index contributed by atoms with van der Waals surface area (Å²) in [5, 5.41) is 0. The fraction of sp³-hybridized carbons (Fsp3) is 0.116. The van der Waals surface area contributed by atoms with Crippen LogP contribution in [0, 0.1) is 20.8 Å². The van der Waals surface area contributed by atoms with Crippen LogP contribution in [-0.4, -0.2) is 0 Å². The summed E-state index contributed by atoms with van der Waals surface area (Å²) in [7, 11) is 0. The normalized spacial score (nSPS) is 16.8. The van der Waals surface area contributed by atoms with Gasteiger partial charge in [0.05, 0.1) is 18.4 Å². The zero-order chi connectivity index (χ0) is 32.9. The maximum atomic E-state index is 6.30. The van der Waals surface area contributed by atoms with Crippen LogP contribution in [0.15, 0.2) is 129 Å². The number of rotatable bonds is 4. The topological polar surface area (TPSA) is 26.0 Å². The summed E-state index contributed by atoms with van der Waals surface area (Å²) in [6.45, 7) is 6.50. The standard InChI is InChI=1S/C43H31Br2NS2/c1-24-4-10-27(11-5-24)42(28-12-6-25(2)7-13-28)34-20-33-35(21-32(34)40-36(42)22-38(44)47-40)43(29-14-8-26(3)9-15-29,30-16-18-31(46)19-17-30)37-23-39(45)48-41(33)37/h4-23H,46H2,1-3H3. The minimum Gasteiger partial charge on any atom is -0.399 e. The van der Waals surface area contributed by atoms with Crippen LogP contribution in [0.3, 0.4) is 0 Å². The number of fused-ring (bicyclic) bond motifs is 6. The average Bonchev–Trinajstić information content (AvgIpc) is 3.79. The van der Waals surface area contributed by atoms with Crippen molar-refractivity contribution >= 4 is 60.2 Å². The molecule has 2 aliphatic rings. The van der Waals surface area contributed by atoms with Crippen LogP contribution < -0.4 is 5.73 Å². The highest BCUT2D eigenvalue weighted by Gasteiger charge is 2.52. The van der Waals surface area contributed by atoms with Gasteiger partial charge in [-0.3, -0.25) is 0 Å². The molecule has 0 saturated carbocycles. The molecule has 2 N–H and O–H groups in total. The number of nitrogen functional groups attached to an aromatic ring is 1. The average molecular weight is 786 g/mol. The van der Waals surface area contributed by atoms with Gasteiger partial charge >= 0.3 is 0 Å². The molecule has 0 aliphatic heterocycles. The Morgan fingerprint density at radius 2 is 0.750 bits per heavy atom. The molecule has 0 bridgehead atoms. The lowest BCUT2D eigenvalue weighted by Gasteiger charge is -2.35. The number of thiophene rings is 2. The molecule has 0 radical (unpaired) electrons. The first-order valence-corrected chi connectivity index (χ1v) is 19.3. The van der Waals surface area contributed by atoms with Crippen LogP contribution in [0.2, 0.25) is 0 Å². The highest BCUT2D eigenvalue weighted by atomic mass is 79.9. The predicted molar refractivity (Wildman–Crippen MR) is 211 cm³/mol. The van der Waals surface area contributed by atoms with Gasteiger partial charge in [-0.1, -0.05) is 102 Å². The van der Waals surface area contributed by atoms with E-state index in [-0.39, 0.29) is 0 Å². The van der Waals surface area contributed by atoms with Crippen LogP contribution in [0.25, 0.3) is 20.9 Å². The van der Waals surface area contributed by atoms with Crippen molar-refractivity contribution in [3.8, 4) is 20.9 Å². The molecule has 0 amide bonds. The molecule has 7 aromatic rings. The molecule has 2 heterocycles. The fourth-order valence-corrected chi connectivity index (χ4v) is 11.7. The van der Waals surface area contributed by atoms with Crippen molar-refractivity contribution in [1.29, 1.82) is 0 Å². The molecule has 1 atom stereocenters. The number of halogens is 2. The highest BCUT2D eigenvalue weighted by Crippen LogP contribution is 2.65. The molecule has 9 rings (SSSR count). The molecule has 5 aromatic carbocycles. The van der Waals surface area contributed by atoms with Gasteiger partial charge in [0.2, 0.25) is 0 Å². The third kappa shape index (κ3) is 4.11. The Kier molecular flexibility index (Phi) is 6.88. The minimum absolute atomic E-state index is 0.464. The monoisotopic (exact) mass is 783 g/mol. The Labute approximate surface area is 306 Å². The Hall–Kier alpha value is -3.74. The number of hydrogen-bond acceptors (Lipinski definition) is 3. The first-order valence-electron chi connectivity index (χ1n) is 16.1. The highest BCUT2D eigenvalue weighted by molar-refractivity contribution is 9.11. The van der Waals surface area contributed by atoms with E-state index in [9.17, 15) is 0 Å². The quantitative estimate of drug-likeness (QED) is 0.177. The molecular weight excluding hydrogens is 754 g/mol. The van der Waals surface area contributed by atoms with Gasteiger partial charge in [0.1, 0.15) is 0 Å². The Morgan fingerprint density at radius 1 is 0.438 bits per heavy atom. The largest absolute Gasteiger partial charge is 0.399 e. The van der Waals surface area contributed by atoms with Gasteiger partial charge in [0, 0.05) is 15.4 Å². The van der Waals surface area contributed by atoms with Crippen molar-refractivity contribution < 1.29 is 0 Å². The molecule has 2 aliphatic carbocycles. The number of nitrogens with two attached hydrogens (primary N) is 1. The molecular formula is C43H31Br2NS2. The van der Waals surface area contributed by atoms with E-state index >= 15 is 0 Å². The van der Waals surface area contributed by atoms with Gasteiger partial charge in [-0.25, -0.2) is 0 Å². The molecule has 0 fully saturated rings. The summed E-state index contributed by atoms with van der Waals surface area (Å²) in [6, 6.07) is 45.9. The third-order valence-corrected chi connectivity index (χ3v) is 13.8. The van der Waals surface area contributed by atoms with Crippen molar-refractivity contribution in [3.63, 3.8) is 0 Å². The smallest absolute Gasteiger partial charge is 0.0722 e. The van der Waals surface area contributed by atoms with E-state index in [2.05, 4.69) is 162 Å². The van der Waals surface area contributed by atoms with Crippen molar-refractivity contribution in [2.45, 2.75) is 31.6 Å². The summed E-state index contributed by atoms with van der Waals surface area (Å²) in [5.41, 5.74) is 22.9. The van der Waals surface area contributed by atoms with Crippen LogP contribution in [0.1, 0.15) is 61.2 Å². The van der Waals surface area contributed by atoms with Gasteiger partial charge in [-0.05, 0) is 145 Å². The van der Waals surface area contributed by atoms with Crippen LogP contribution >= 0.6 is 54.5 Å². The summed E-state index contributed by atoms with van der Waals surface area (Å²) in [4.78, 5) is 2.64. The predicted octanol–water partition coefficient (Wildman–Crippen LogP) is 12.6. The second-order valence-electron chi connectivity index (χ2n) is 13.3. The minimum atomic E-state index is -0.503. The lowest BCUT2D eigenvalue weighted by molar-refractivity contribution is 0.759. The van der Waals surface area contributed by atoms with E-state index in [0.717, 1.165) is 13.3 Å². The Balaban J connectivity index is 1.44. The van der Waals surface area contributed by atoms with Gasteiger partial charge in [-0.15, -0.1) is 22.7 Å². The number of benzene rings is 5. The lowest BCUT2D eigenvalue weighted by atomic mass is 9.66. The maximum Gasteiger partial charge on any atom is 0.0722 e. The number of hydrogen-bond donors (Lipinski definition) is 1. The zero-order valence-electron chi connectivity index (χ0n) is 26.7. The molecule has 1 unspecified atom stereocenters. The van der Waals surface area contributed by atoms with E-state index in [1.54, 1.807) is 0 Å². The second kappa shape index (κ2) is 10.9. The van der Waals surface area contributed by atoms with Crippen LogP contribution in [0.5, 0.6) is 0 Å². The lowest BCUT2D eigenvalue weighted by Crippen LogP contribution is -2.30. The summed E-state index contributed by atoms with van der Waals surface area (Å²) in [6.07, 6.45) is 0.